The molecule has 1 aliphatic heterocycles. The van der Waals surface area contributed by atoms with Crippen molar-refractivity contribution in [1.29, 1.82) is 0 Å². The van der Waals surface area contributed by atoms with Crippen molar-refractivity contribution >= 4 is 0 Å². The Hall–Kier alpha value is -0.340. The Bertz CT molecular complexity index is 185. The topological polar surface area (TPSA) is 21.3 Å². The molecule has 0 aromatic rings. The van der Waals surface area contributed by atoms with E-state index in [1.165, 1.54) is 12.0 Å². The highest BCUT2D eigenvalue weighted by Crippen LogP contribution is 2.22. The molecule has 0 aromatic heterocycles. The van der Waals surface area contributed by atoms with Gasteiger partial charge in [0.05, 0.1) is 6.10 Å². The monoisotopic (exact) mass is 197 g/mol. The van der Waals surface area contributed by atoms with Gasteiger partial charge in [-0.3, -0.25) is 0 Å². The van der Waals surface area contributed by atoms with Gasteiger partial charge < -0.3 is 10.1 Å². The maximum Gasteiger partial charge on any atom is 0.0613 e. The van der Waals surface area contributed by atoms with E-state index in [9.17, 15) is 0 Å². The standard InChI is InChI=1S/C12H23NO/c1-4-12-11(6-8-14-12)9-13-7-5-10(2)3/h5,11-13H,4,6-9H2,1-3H3. The predicted octanol–water partition coefficient (Wildman–Crippen LogP) is 2.36. The highest BCUT2D eigenvalue weighted by atomic mass is 16.5. The van der Waals surface area contributed by atoms with E-state index >= 15 is 0 Å². The molecule has 0 radical (unpaired) electrons. The number of rotatable bonds is 5. The zero-order chi connectivity index (χ0) is 10.4. The normalized spacial score (nSPS) is 26.5. The zero-order valence-corrected chi connectivity index (χ0v) is 9.68. The molecule has 0 saturated carbocycles. The van der Waals surface area contributed by atoms with E-state index in [1.54, 1.807) is 0 Å². The van der Waals surface area contributed by atoms with Crippen LogP contribution in [0.25, 0.3) is 0 Å². The van der Waals surface area contributed by atoms with E-state index in [0.29, 0.717) is 6.10 Å². The van der Waals surface area contributed by atoms with Crippen molar-refractivity contribution in [3.8, 4) is 0 Å². The summed E-state index contributed by atoms with van der Waals surface area (Å²) in [6, 6.07) is 0. The molecule has 1 saturated heterocycles. The summed E-state index contributed by atoms with van der Waals surface area (Å²) in [6.07, 6.45) is 5.10. The highest BCUT2D eigenvalue weighted by Gasteiger charge is 2.25. The van der Waals surface area contributed by atoms with Crippen molar-refractivity contribution in [3.05, 3.63) is 11.6 Å². The molecule has 1 heterocycles. The molecule has 2 unspecified atom stereocenters. The van der Waals surface area contributed by atoms with Crippen LogP contribution in [0.2, 0.25) is 0 Å². The Labute approximate surface area is 87.7 Å². The van der Waals surface area contributed by atoms with E-state index in [0.717, 1.165) is 32.0 Å². The van der Waals surface area contributed by atoms with Crippen LogP contribution in [0.15, 0.2) is 11.6 Å². The summed E-state index contributed by atoms with van der Waals surface area (Å²) in [5.74, 6) is 0.727. The van der Waals surface area contributed by atoms with Gasteiger partial charge in [-0.2, -0.15) is 0 Å². The first-order valence-corrected chi connectivity index (χ1v) is 5.69. The Morgan fingerprint density at radius 1 is 1.50 bits per heavy atom. The average Bonchev–Trinajstić information content (AvgIpc) is 2.59. The summed E-state index contributed by atoms with van der Waals surface area (Å²) in [4.78, 5) is 0. The lowest BCUT2D eigenvalue weighted by Crippen LogP contribution is -2.28. The first-order valence-electron chi connectivity index (χ1n) is 5.69. The van der Waals surface area contributed by atoms with Crippen molar-refractivity contribution in [2.75, 3.05) is 19.7 Å². The first kappa shape index (κ1) is 11.7. The molecule has 1 N–H and O–H groups in total. The van der Waals surface area contributed by atoms with Crippen molar-refractivity contribution in [2.24, 2.45) is 5.92 Å². The number of allylic oxidation sites excluding steroid dienone is 1. The van der Waals surface area contributed by atoms with E-state index in [2.05, 4.69) is 32.2 Å². The average molecular weight is 197 g/mol. The quantitative estimate of drug-likeness (QED) is 0.539. The predicted molar refractivity (Wildman–Crippen MR) is 60.4 cm³/mol. The number of nitrogens with one attached hydrogen (secondary N) is 1. The second kappa shape index (κ2) is 6.20. The fourth-order valence-electron chi connectivity index (χ4n) is 1.92. The van der Waals surface area contributed by atoms with Crippen LogP contribution in [0, 0.1) is 5.92 Å². The minimum absolute atomic E-state index is 0.495. The van der Waals surface area contributed by atoms with Crippen molar-refractivity contribution < 1.29 is 4.74 Å². The number of hydrogen-bond donors (Lipinski definition) is 1. The molecule has 2 heteroatoms. The number of hydrogen-bond acceptors (Lipinski definition) is 2. The fraction of sp³-hybridized carbons (Fsp3) is 0.833. The molecule has 0 aliphatic carbocycles. The third-order valence-corrected chi connectivity index (χ3v) is 2.81. The molecular weight excluding hydrogens is 174 g/mol. The SMILES string of the molecule is CCC1OCCC1CNCC=C(C)C. The second-order valence-electron chi connectivity index (χ2n) is 4.31. The molecule has 0 aromatic carbocycles. The van der Waals surface area contributed by atoms with E-state index < -0.39 is 0 Å². The van der Waals surface area contributed by atoms with Gasteiger partial charge in [0.2, 0.25) is 0 Å². The van der Waals surface area contributed by atoms with Crippen LogP contribution in [-0.4, -0.2) is 25.8 Å². The van der Waals surface area contributed by atoms with Crippen molar-refractivity contribution in [2.45, 2.75) is 39.7 Å². The van der Waals surface area contributed by atoms with E-state index in [1.807, 2.05) is 0 Å². The van der Waals surface area contributed by atoms with Crippen LogP contribution in [0.1, 0.15) is 33.6 Å². The summed E-state index contributed by atoms with van der Waals surface area (Å²) in [6.45, 7) is 9.52. The molecule has 0 amide bonds. The molecule has 2 nitrogen and oxygen atoms in total. The van der Waals surface area contributed by atoms with Crippen LogP contribution < -0.4 is 5.32 Å². The summed E-state index contributed by atoms with van der Waals surface area (Å²) in [5.41, 5.74) is 1.38. The highest BCUT2D eigenvalue weighted by molar-refractivity contribution is 4.94. The largest absolute Gasteiger partial charge is 0.378 e. The van der Waals surface area contributed by atoms with Crippen LogP contribution in [0.4, 0.5) is 0 Å². The van der Waals surface area contributed by atoms with Gasteiger partial charge in [0.25, 0.3) is 0 Å². The zero-order valence-electron chi connectivity index (χ0n) is 9.68. The molecule has 0 spiro atoms. The lowest BCUT2D eigenvalue weighted by Gasteiger charge is -2.16. The van der Waals surface area contributed by atoms with Gasteiger partial charge in [0.15, 0.2) is 0 Å². The van der Waals surface area contributed by atoms with Crippen molar-refractivity contribution in [1.82, 2.24) is 5.32 Å². The minimum atomic E-state index is 0.495. The van der Waals surface area contributed by atoms with Gasteiger partial charge in [-0.1, -0.05) is 18.6 Å². The molecule has 14 heavy (non-hydrogen) atoms. The summed E-state index contributed by atoms with van der Waals surface area (Å²) in [5, 5.41) is 3.47. The Balaban J connectivity index is 2.14. The molecule has 1 fully saturated rings. The molecule has 0 bridgehead atoms. The second-order valence-corrected chi connectivity index (χ2v) is 4.31. The van der Waals surface area contributed by atoms with Crippen LogP contribution in [0.5, 0.6) is 0 Å². The number of ether oxygens (including phenoxy) is 1. The maximum atomic E-state index is 5.64. The third-order valence-electron chi connectivity index (χ3n) is 2.81. The Kier molecular flexibility index (Phi) is 5.20. The van der Waals surface area contributed by atoms with Crippen LogP contribution in [-0.2, 0) is 4.74 Å². The molecule has 2 atom stereocenters. The Morgan fingerprint density at radius 2 is 2.29 bits per heavy atom. The summed E-state index contributed by atoms with van der Waals surface area (Å²) in [7, 11) is 0. The summed E-state index contributed by atoms with van der Waals surface area (Å²) >= 11 is 0. The molecular formula is C12H23NO. The lowest BCUT2D eigenvalue weighted by molar-refractivity contribution is 0.0875. The third kappa shape index (κ3) is 3.81. The summed E-state index contributed by atoms with van der Waals surface area (Å²) < 4.78 is 5.64. The van der Waals surface area contributed by atoms with Gasteiger partial charge in [-0.05, 0) is 32.6 Å². The van der Waals surface area contributed by atoms with Gasteiger partial charge in [-0.25, -0.2) is 0 Å². The molecule has 1 aliphatic rings. The first-order chi connectivity index (χ1) is 6.74. The smallest absolute Gasteiger partial charge is 0.0613 e. The van der Waals surface area contributed by atoms with E-state index in [4.69, 9.17) is 4.74 Å². The van der Waals surface area contributed by atoms with E-state index in [-0.39, 0.29) is 0 Å². The van der Waals surface area contributed by atoms with Gasteiger partial charge >= 0.3 is 0 Å². The van der Waals surface area contributed by atoms with Crippen molar-refractivity contribution in [3.63, 3.8) is 0 Å². The van der Waals surface area contributed by atoms with Gasteiger partial charge in [-0.15, -0.1) is 0 Å². The Morgan fingerprint density at radius 3 is 2.93 bits per heavy atom. The lowest BCUT2D eigenvalue weighted by atomic mass is 10.00. The minimum Gasteiger partial charge on any atom is -0.378 e. The van der Waals surface area contributed by atoms with Gasteiger partial charge in [0, 0.05) is 19.7 Å². The van der Waals surface area contributed by atoms with Crippen LogP contribution >= 0.6 is 0 Å². The molecule has 82 valence electrons. The van der Waals surface area contributed by atoms with Gasteiger partial charge in [0.1, 0.15) is 0 Å². The van der Waals surface area contributed by atoms with Crippen LogP contribution in [0.3, 0.4) is 0 Å². The molecule has 1 rings (SSSR count). The maximum absolute atomic E-state index is 5.64. The fourth-order valence-corrected chi connectivity index (χ4v) is 1.92.